The fraction of sp³-hybridized carbons (Fsp3) is 0.182. The number of hydrogen-bond acceptors (Lipinski definition) is 4. The molecule has 3 rings (SSSR count). The van der Waals surface area contributed by atoms with E-state index in [9.17, 15) is 0 Å². The zero-order chi connectivity index (χ0) is 10.1. The van der Waals surface area contributed by atoms with Gasteiger partial charge in [0.05, 0.1) is 10.9 Å². The van der Waals surface area contributed by atoms with Crippen molar-refractivity contribution in [2.24, 2.45) is 0 Å². The largest absolute Gasteiger partial charge is 0.374 e. The summed E-state index contributed by atoms with van der Waals surface area (Å²) >= 11 is 3.67. The van der Waals surface area contributed by atoms with Crippen LogP contribution in [-0.2, 0) is 0 Å². The summed E-state index contributed by atoms with van der Waals surface area (Å²) < 4.78 is 0. The van der Waals surface area contributed by atoms with Gasteiger partial charge in [0.15, 0.2) is 0 Å². The van der Waals surface area contributed by atoms with Crippen molar-refractivity contribution in [2.45, 2.75) is 10.1 Å². The molecule has 4 heteroatoms. The van der Waals surface area contributed by atoms with E-state index in [2.05, 4.69) is 27.8 Å². The van der Waals surface area contributed by atoms with Gasteiger partial charge in [-0.15, -0.1) is 23.1 Å². The van der Waals surface area contributed by atoms with Crippen LogP contribution in [0.2, 0.25) is 0 Å². The maximum atomic E-state index is 4.40. The number of nitrogens with zero attached hydrogens (tertiary/aromatic N) is 1. The molecule has 15 heavy (non-hydrogen) atoms. The lowest BCUT2D eigenvalue weighted by Crippen LogP contribution is -2.14. The molecular formula is C11H10N2S2. The highest BCUT2D eigenvalue weighted by molar-refractivity contribution is 8.00. The molecule has 3 heterocycles. The molecule has 0 aromatic carbocycles. The second-order valence-corrected chi connectivity index (χ2v) is 5.52. The fourth-order valence-corrected chi connectivity index (χ4v) is 3.76. The average Bonchev–Trinajstić information content (AvgIpc) is 2.77. The summed E-state index contributed by atoms with van der Waals surface area (Å²) in [5, 5.41) is 7.32. The molecule has 2 aromatic heterocycles. The maximum Gasteiger partial charge on any atom is 0.102 e. The quantitative estimate of drug-likeness (QED) is 0.818. The normalized spacial score (nSPS) is 19.3. The third kappa shape index (κ3) is 1.75. The summed E-state index contributed by atoms with van der Waals surface area (Å²) in [6.45, 7) is 0.967. The maximum absolute atomic E-state index is 4.40. The Labute approximate surface area is 96.7 Å². The standard InChI is InChI=1S/C11H10N2S2/c1-2-5-12-8(3-1)10-7-13-11-9(15-10)4-6-14-11/h1-6,10,13H,7H2. The number of hydrogen-bond donors (Lipinski definition) is 1. The monoisotopic (exact) mass is 234 g/mol. The second-order valence-electron chi connectivity index (χ2n) is 3.36. The predicted molar refractivity (Wildman–Crippen MR) is 65.6 cm³/mol. The number of pyridine rings is 1. The van der Waals surface area contributed by atoms with Crippen LogP contribution in [-0.4, -0.2) is 11.5 Å². The van der Waals surface area contributed by atoms with E-state index < -0.39 is 0 Å². The van der Waals surface area contributed by atoms with Crippen LogP contribution in [0.25, 0.3) is 0 Å². The molecule has 0 amide bonds. The topological polar surface area (TPSA) is 24.9 Å². The van der Waals surface area contributed by atoms with Crippen LogP contribution in [0.3, 0.4) is 0 Å². The third-order valence-corrected chi connectivity index (χ3v) is 4.65. The summed E-state index contributed by atoms with van der Waals surface area (Å²) in [6, 6.07) is 8.27. The minimum atomic E-state index is 0.438. The number of aromatic nitrogens is 1. The number of fused-ring (bicyclic) bond motifs is 1. The van der Waals surface area contributed by atoms with E-state index in [4.69, 9.17) is 0 Å². The lowest BCUT2D eigenvalue weighted by molar-refractivity contribution is 0.923. The minimum Gasteiger partial charge on any atom is -0.374 e. The van der Waals surface area contributed by atoms with Gasteiger partial charge in [-0.25, -0.2) is 0 Å². The lowest BCUT2D eigenvalue weighted by Gasteiger charge is -2.22. The first-order chi connectivity index (χ1) is 7.43. The Morgan fingerprint density at radius 3 is 3.20 bits per heavy atom. The van der Waals surface area contributed by atoms with Crippen LogP contribution in [0.4, 0.5) is 5.00 Å². The van der Waals surface area contributed by atoms with Crippen LogP contribution in [0.1, 0.15) is 10.9 Å². The SMILES string of the molecule is c1ccc(C2CNc3sccc3S2)nc1. The Morgan fingerprint density at radius 1 is 1.33 bits per heavy atom. The van der Waals surface area contributed by atoms with Crippen molar-refractivity contribution in [3.05, 3.63) is 41.5 Å². The molecule has 2 nitrogen and oxygen atoms in total. The molecule has 1 aliphatic heterocycles. The highest BCUT2D eigenvalue weighted by atomic mass is 32.2. The van der Waals surface area contributed by atoms with E-state index >= 15 is 0 Å². The Morgan fingerprint density at radius 2 is 2.33 bits per heavy atom. The number of thioether (sulfide) groups is 1. The molecule has 0 fully saturated rings. The number of anilines is 1. The van der Waals surface area contributed by atoms with Gasteiger partial charge in [0.1, 0.15) is 5.00 Å². The first-order valence-electron chi connectivity index (χ1n) is 4.82. The van der Waals surface area contributed by atoms with Crippen LogP contribution >= 0.6 is 23.1 Å². The molecule has 1 aliphatic rings. The van der Waals surface area contributed by atoms with Gasteiger partial charge in [0, 0.05) is 17.6 Å². The summed E-state index contributed by atoms with van der Waals surface area (Å²) in [6.07, 6.45) is 1.86. The number of nitrogens with one attached hydrogen (secondary N) is 1. The Balaban J connectivity index is 1.88. The molecule has 0 bridgehead atoms. The van der Waals surface area contributed by atoms with Crippen LogP contribution in [0.15, 0.2) is 40.7 Å². The zero-order valence-electron chi connectivity index (χ0n) is 8.01. The molecular weight excluding hydrogens is 224 g/mol. The summed E-state index contributed by atoms with van der Waals surface area (Å²) in [5.41, 5.74) is 1.16. The Kier molecular flexibility index (Phi) is 2.38. The molecule has 0 radical (unpaired) electrons. The van der Waals surface area contributed by atoms with Crippen molar-refractivity contribution in [2.75, 3.05) is 11.9 Å². The van der Waals surface area contributed by atoms with Crippen molar-refractivity contribution in [1.29, 1.82) is 0 Å². The summed E-state index contributed by atoms with van der Waals surface area (Å²) in [5.74, 6) is 0. The molecule has 1 unspecified atom stereocenters. The molecule has 0 saturated carbocycles. The van der Waals surface area contributed by atoms with Gasteiger partial charge < -0.3 is 5.32 Å². The first kappa shape index (κ1) is 9.24. The molecule has 0 saturated heterocycles. The number of rotatable bonds is 1. The van der Waals surface area contributed by atoms with Crippen LogP contribution in [0.5, 0.6) is 0 Å². The first-order valence-corrected chi connectivity index (χ1v) is 6.58. The van der Waals surface area contributed by atoms with Gasteiger partial charge in [-0.05, 0) is 23.6 Å². The van der Waals surface area contributed by atoms with E-state index in [1.807, 2.05) is 30.1 Å². The third-order valence-electron chi connectivity index (χ3n) is 2.36. The van der Waals surface area contributed by atoms with E-state index in [1.165, 1.54) is 9.90 Å². The van der Waals surface area contributed by atoms with Gasteiger partial charge in [0.2, 0.25) is 0 Å². The molecule has 2 aromatic rings. The highest BCUT2D eigenvalue weighted by Crippen LogP contribution is 2.44. The van der Waals surface area contributed by atoms with Gasteiger partial charge in [-0.2, -0.15) is 0 Å². The van der Waals surface area contributed by atoms with Gasteiger partial charge in [0.25, 0.3) is 0 Å². The Hall–Kier alpha value is -1.00. The van der Waals surface area contributed by atoms with Crippen molar-refractivity contribution >= 4 is 28.1 Å². The summed E-state index contributed by atoms with van der Waals surface area (Å²) in [4.78, 5) is 5.75. The van der Waals surface area contributed by atoms with Crippen LogP contribution < -0.4 is 5.32 Å². The molecule has 0 spiro atoms. The van der Waals surface area contributed by atoms with Gasteiger partial charge in [-0.1, -0.05) is 6.07 Å². The van der Waals surface area contributed by atoms with E-state index in [0.717, 1.165) is 12.2 Å². The number of thiophene rings is 1. The van der Waals surface area contributed by atoms with Gasteiger partial charge >= 0.3 is 0 Å². The van der Waals surface area contributed by atoms with E-state index in [0.29, 0.717) is 5.25 Å². The average molecular weight is 234 g/mol. The molecule has 1 atom stereocenters. The lowest BCUT2D eigenvalue weighted by atomic mass is 10.2. The fourth-order valence-electron chi connectivity index (χ4n) is 1.63. The zero-order valence-corrected chi connectivity index (χ0v) is 9.65. The summed E-state index contributed by atoms with van der Waals surface area (Å²) in [7, 11) is 0. The minimum absolute atomic E-state index is 0.438. The predicted octanol–water partition coefficient (Wildman–Crippen LogP) is 3.40. The van der Waals surface area contributed by atoms with E-state index in [-0.39, 0.29) is 0 Å². The Bertz CT molecular complexity index is 453. The van der Waals surface area contributed by atoms with Crippen molar-refractivity contribution < 1.29 is 0 Å². The van der Waals surface area contributed by atoms with E-state index in [1.54, 1.807) is 11.3 Å². The van der Waals surface area contributed by atoms with Gasteiger partial charge in [-0.3, -0.25) is 4.98 Å². The van der Waals surface area contributed by atoms with Crippen molar-refractivity contribution in [3.8, 4) is 0 Å². The molecule has 0 aliphatic carbocycles. The second kappa shape index (κ2) is 3.87. The van der Waals surface area contributed by atoms with Crippen molar-refractivity contribution in [1.82, 2.24) is 4.98 Å². The highest BCUT2D eigenvalue weighted by Gasteiger charge is 2.21. The smallest absolute Gasteiger partial charge is 0.102 e. The molecule has 1 N–H and O–H groups in total. The molecule has 76 valence electrons. The van der Waals surface area contributed by atoms with Crippen molar-refractivity contribution in [3.63, 3.8) is 0 Å². The van der Waals surface area contributed by atoms with Crippen LogP contribution in [0, 0.1) is 0 Å².